The summed E-state index contributed by atoms with van der Waals surface area (Å²) >= 11 is 0. The number of hydrogen-bond donors (Lipinski definition) is 0. The third kappa shape index (κ3) is 3.62. The summed E-state index contributed by atoms with van der Waals surface area (Å²) in [6.45, 7) is 7.71. The van der Waals surface area contributed by atoms with E-state index >= 15 is 0 Å². The molecule has 0 unspecified atom stereocenters. The van der Waals surface area contributed by atoms with Gasteiger partial charge in [0.2, 0.25) is 0 Å². The topological polar surface area (TPSA) is 23.6 Å². The number of aryl methyl sites for hydroxylation is 1. The summed E-state index contributed by atoms with van der Waals surface area (Å²) in [6.07, 6.45) is 0. The first-order valence-electron chi connectivity index (χ1n) is 8.30. The second-order valence-corrected chi connectivity index (χ2v) is 6.28. The summed E-state index contributed by atoms with van der Waals surface area (Å²) in [5.74, 6) is 0.153. The summed E-state index contributed by atoms with van der Waals surface area (Å²) < 4.78 is 0. The molecule has 1 fully saturated rings. The average Bonchev–Trinajstić information content (AvgIpc) is 2.61. The maximum Gasteiger partial charge on any atom is 0.253 e. The van der Waals surface area contributed by atoms with Crippen molar-refractivity contribution >= 4 is 5.91 Å². The van der Waals surface area contributed by atoms with Crippen molar-refractivity contribution in [2.45, 2.75) is 19.9 Å². The van der Waals surface area contributed by atoms with E-state index in [1.807, 2.05) is 36.1 Å². The van der Waals surface area contributed by atoms with Gasteiger partial charge in [-0.1, -0.05) is 48.0 Å². The maximum atomic E-state index is 12.6. The van der Waals surface area contributed by atoms with E-state index in [1.165, 1.54) is 5.56 Å². The van der Waals surface area contributed by atoms with Crippen LogP contribution in [0.25, 0.3) is 0 Å². The molecule has 2 aromatic carbocycles. The first-order valence-corrected chi connectivity index (χ1v) is 8.30. The van der Waals surface area contributed by atoms with E-state index in [0.29, 0.717) is 6.04 Å². The Morgan fingerprint density at radius 1 is 0.957 bits per heavy atom. The van der Waals surface area contributed by atoms with Gasteiger partial charge in [0, 0.05) is 37.8 Å². The molecule has 0 bridgehead atoms. The third-order valence-corrected chi connectivity index (χ3v) is 4.70. The summed E-state index contributed by atoms with van der Waals surface area (Å²) in [6, 6.07) is 18.8. The van der Waals surface area contributed by atoms with Gasteiger partial charge in [0.05, 0.1) is 0 Å². The second-order valence-electron chi connectivity index (χ2n) is 6.28. The molecule has 23 heavy (non-hydrogen) atoms. The van der Waals surface area contributed by atoms with E-state index in [-0.39, 0.29) is 5.91 Å². The molecule has 0 saturated carbocycles. The number of nitrogens with zero attached hydrogens (tertiary/aromatic N) is 2. The zero-order valence-electron chi connectivity index (χ0n) is 13.9. The lowest BCUT2D eigenvalue weighted by atomic mass is 10.1. The van der Waals surface area contributed by atoms with Gasteiger partial charge < -0.3 is 4.90 Å². The minimum atomic E-state index is 0.153. The highest BCUT2D eigenvalue weighted by atomic mass is 16.2. The van der Waals surface area contributed by atoms with Crippen molar-refractivity contribution < 1.29 is 4.79 Å². The fraction of sp³-hybridized carbons (Fsp3) is 0.350. The van der Waals surface area contributed by atoms with Crippen LogP contribution >= 0.6 is 0 Å². The Hall–Kier alpha value is -2.13. The van der Waals surface area contributed by atoms with Crippen LogP contribution in [0.4, 0.5) is 0 Å². The lowest BCUT2D eigenvalue weighted by Gasteiger charge is -2.38. The first-order chi connectivity index (χ1) is 11.1. The molecular weight excluding hydrogens is 284 g/mol. The molecule has 3 nitrogen and oxygen atoms in total. The van der Waals surface area contributed by atoms with Gasteiger partial charge in [-0.15, -0.1) is 0 Å². The number of rotatable bonds is 3. The van der Waals surface area contributed by atoms with E-state index in [2.05, 4.69) is 42.2 Å². The van der Waals surface area contributed by atoms with Crippen LogP contribution in [-0.4, -0.2) is 41.9 Å². The van der Waals surface area contributed by atoms with Crippen LogP contribution in [0.2, 0.25) is 0 Å². The van der Waals surface area contributed by atoms with Crippen molar-refractivity contribution in [1.29, 1.82) is 0 Å². The SMILES string of the molecule is Cc1cccc(C(=O)N2CCN([C@H](C)c3ccccc3)CC2)c1. The highest BCUT2D eigenvalue weighted by molar-refractivity contribution is 5.94. The molecule has 1 aliphatic heterocycles. The van der Waals surface area contributed by atoms with Gasteiger partial charge in [-0.25, -0.2) is 0 Å². The molecule has 1 atom stereocenters. The number of hydrogen-bond acceptors (Lipinski definition) is 2. The third-order valence-electron chi connectivity index (χ3n) is 4.70. The zero-order valence-corrected chi connectivity index (χ0v) is 13.9. The highest BCUT2D eigenvalue weighted by Crippen LogP contribution is 2.21. The van der Waals surface area contributed by atoms with Gasteiger partial charge in [-0.05, 0) is 31.5 Å². The minimum absolute atomic E-state index is 0.153. The Bertz CT molecular complexity index is 660. The van der Waals surface area contributed by atoms with Gasteiger partial charge in [0.15, 0.2) is 0 Å². The van der Waals surface area contributed by atoms with Crippen LogP contribution in [0, 0.1) is 6.92 Å². The number of amides is 1. The van der Waals surface area contributed by atoms with E-state index < -0.39 is 0 Å². The van der Waals surface area contributed by atoms with Gasteiger partial charge >= 0.3 is 0 Å². The molecule has 0 spiro atoms. The Kier molecular flexibility index (Phi) is 4.77. The largest absolute Gasteiger partial charge is 0.336 e. The van der Waals surface area contributed by atoms with E-state index in [1.54, 1.807) is 0 Å². The van der Waals surface area contributed by atoms with Crippen LogP contribution in [0.15, 0.2) is 54.6 Å². The smallest absolute Gasteiger partial charge is 0.253 e. The van der Waals surface area contributed by atoms with Crippen LogP contribution in [-0.2, 0) is 0 Å². The summed E-state index contributed by atoms with van der Waals surface area (Å²) in [5.41, 5.74) is 3.27. The number of carbonyl (C=O) groups excluding carboxylic acids is 1. The van der Waals surface area contributed by atoms with E-state index in [4.69, 9.17) is 0 Å². The van der Waals surface area contributed by atoms with Crippen LogP contribution in [0.5, 0.6) is 0 Å². The predicted molar refractivity (Wildman–Crippen MR) is 93.5 cm³/mol. The van der Waals surface area contributed by atoms with Crippen molar-refractivity contribution in [2.75, 3.05) is 26.2 Å². The van der Waals surface area contributed by atoms with Crippen molar-refractivity contribution in [3.63, 3.8) is 0 Å². The quantitative estimate of drug-likeness (QED) is 0.866. The summed E-state index contributed by atoms with van der Waals surface area (Å²) in [5, 5.41) is 0. The fourth-order valence-electron chi connectivity index (χ4n) is 3.22. The molecule has 3 heteroatoms. The van der Waals surface area contributed by atoms with Gasteiger partial charge in [0.1, 0.15) is 0 Å². The highest BCUT2D eigenvalue weighted by Gasteiger charge is 2.25. The average molecular weight is 308 g/mol. The Morgan fingerprint density at radius 2 is 1.65 bits per heavy atom. The van der Waals surface area contributed by atoms with Gasteiger partial charge in [-0.2, -0.15) is 0 Å². The molecule has 0 radical (unpaired) electrons. The monoisotopic (exact) mass is 308 g/mol. The lowest BCUT2D eigenvalue weighted by molar-refractivity contribution is 0.0582. The molecule has 1 saturated heterocycles. The summed E-state index contributed by atoms with van der Waals surface area (Å²) in [4.78, 5) is 17.0. The summed E-state index contributed by atoms with van der Waals surface area (Å²) in [7, 11) is 0. The minimum Gasteiger partial charge on any atom is -0.336 e. The van der Waals surface area contributed by atoms with Gasteiger partial charge in [-0.3, -0.25) is 9.69 Å². The van der Waals surface area contributed by atoms with Crippen LogP contribution in [0.3, 0.4) is 0 Å². The molecule has 1 amide bonds. The molecule has 2 aromatic rings. The molecule has 0 aromatic heterocycles. The number of benzene rings is 2. The molecule has 1 aliphatic rings. The van der Waals surface area contributed by atoms with Crippen LogP contribution < -0.4 is 0 Å². The molecular formula is C20H24N2O. The molecule has 3 rings (SSSR count). The second kappa shape index (κ2) is 6.97. The van der Waals surface area contributed by atoms with E-state index in [9.17, 15) is 4.79 Å². The zero-order chi connectivity index (χ0) is 16.2. The molecule has 120 valence electrons. The number of carbonyl (C=O) groups is 1. The molecule has 0 N–H and O–H groups in total. The Balaban J connectivity index is 1.61. The fourth-order valence-corrected chi connectivity index (χ4v) is 3.22. The van der Waals surface area contributed by atoms with Crippen molar-refractivity contribution in [3.8, 4) is 0 Å². The number of piperazine rings is 1. The Morgan fingerprint density at radius 3 is 2.30 bits per heavy atom. The normalized spacial score (nSPS) is 17.0. The van der Waals surface area contributed by atoms with Crippen molar-refractivity contribution in [3.05, 3.63) is 71.3 Å². The van der Waals surface area contributed by atoms with Crippen molar-refractivity contribution in [2.24, 2.45) is 0 Å². The lowest BCUT2D eigenvalue weighted by Crippen LogP contribution is -2.49. The van der Waals surface area contributed by atoms with Crippen molar-refractivity contribution in [1.82, 2.24) is 9.80 Å². The van der Waals surface area contributed by atoms with E-state index in [0.717, 1.165) is 37.3 Å². The predicted octanol–water partition coefficient (Wildman–Crippen LogP) is 3.51. The first kappa shape index (κ1) is 15.8. The van der Waals surface area contributed by atoms with Crippen LogP contribution in [0.1, 0.15) is 34.5 Å². The Labute approximate surface area is 138 Å². The van der Waals surface area contributed by atoms with Gasteiger partial charge in [0.25, 0.3) is 5.91 Å². The maximum absolute atomic E-state index is 12.6. The standard InChI is InChI=1S/C20H24N2O/c1-16-7-6-10-19(15-16)20(23)22-13-11-21(12-14-22)17(2)18-8-4-3-5-9-18/h3-10,15,17H,11-14H2,1-2H3/t17-/m1/s1. The molecule has 0 aliphatic carbocycles. The molecule has 1 heterocycles.